The summed E-state index contributed by atoms with van der Waals surface area (Å²) in [5.74, 6) is 1.18. The van der Waals surface area contributed by atoms with Crippen LogP contribution in [0.4, 0.5) is 0 Å². The number of nitrogens with zero attached hydrogens (tertiary/aromatic N) is 4. The molecule has 162 valence electrons. The van der Waals surface area contributed by atoms with Crippen molar-refractivity contribution in [3.05, 3.63) is 90.5 Å². The van der Waals surface area contributed by atoms with Crippen molar-refractivity contribution in [2.45, 2.75) is 13.0 Å². The Balaban J connectivity index is 1.27. The Hall–Kier alpha value is -3.35. The SMILES string of the molecule is c1cnc(Oc2cccc(CN3CCOCC(Cc4cccc5ccncc45)C3)c2)nc1. The zero-order valence-electron chi connectivity index (χ0n) is 17.9. The zero-order chi connectivity index (χ0) is 21.6. The first-order valence-corrected chi connectivity index (χ1v) is 11.0. The van der Waals surface area contributed by atoms with E-state index in [0.717, 1.165) is 45.0 Å². The fraction of sp³-hybridized carbons (Fsp3) is 0.269. The molecule has 0 radical (unpaired) electrons. The summed E-state index contributed by atoms with van der Waals surface area (Å²) < 4.78 is 11.8. The van der Waals surface area contributed by atoms with E-state index in [1.165, 1.54) is 21.9 Å². The Kier molecular flexibility index (Phi) is 6.32. The van der Waals surface area contributed by atoms with Crippen LogP contribution in [0.1, 0.15) is 11.1 Å². The molecule has 6 heteroatoms. The van der Waals surface area contributed by atoms with Crippen LogP contribution >= 0.6 is 0 Å². The van der Waals surface area contributed by atoms with Gasteiger partial charge in [0.25, 0.3) is 0 Å². The molecular formula is C26H26N4O2. The number of hydrogen-bond donors (Lipinski definition) is 0. The number of fused-ring (bicyclic) bond motifs is 1. The molecule has 0 spiro atoms. The topological polar surface area (TPSA) is 60.4 Å². The normalized spacial score (nSPS) is 17.2. The van der Waals surface area contributed by atoms with E-state index in [-0.39, 0.29) is 0 Å². The molecule has 1 fully saturated rings. The highest BCUT2D eigenvalue weighted by Gasteiger charge is 2.20. The van der Waals surface area contributed by atoms with Gasteiger partial charge in [0.2, 0.25) is 0 Å². The van der Waals surface area contributed by atoms with Gasteiger partial charge in [-0.3, -0.25) is 9.88 Å². The third kappa shape index (κ3) is 5.10. The van der Waals surface area contributed by atoms with Gasteiger partial charge in [0, 0.05) is 49.8 Å². The number of pyridine rings is 1. The highest BCUT2D eigenvalue weighted by Crippen LogP contribution is 2.24. The van der Waals surface area contributed by atoms with Crippen molar-refractivity contribution in [1.29, 1.82) is 0 Å². The number of aromatic nitrogens is 3. The average molecular weight is 427 g/mol. The minimum Gasteiger partial charge on any atom is -0.424 e. The van der Waals surface area contributed by atoms with Gasteiger partial charge in [-0.15, -0.1) is 0 Å². The predicted molar refractivity (Wildman–Crippen MR) is 124 cm³/mol. The Labute approximate surface area is 187 Å². The molecule has 2 aromatic carbocycles. The van der Waals surface area contributed by atoms with Gasteiger partial charge < -0.3 is 9.47 Å². The molecule has 0 amide bonds. The third-order valence-corrected chi connectivity index (χ3v) is 5.76. The summed E-state index contributed by atoms with van der Waals surface area (Å²) in [6.07, 6.45) is 8.16. The largest absolute Gasteiger partial charge is 0.424 e. The van der Waals surface area contributed by atoms with Gasteiger partial charge in [0.15, 0.2) is 0 Å². The first kappa shape index (κ1) is 20.5. The Morgan fingerprint density at radius 3 is 2.84 bits per heavy atom. The summed E-state index contributed by atoms with van der Waals surface area (Å²) in [6, 6.07) is 18.8. The van der Waals surface area contributed by atoms with Crippen molar-refractivity contribution in [3.63, 3.8) is 0 Å². The summed E-state index contributed by atoms with van der Waals surface area (Å²) in [7, 11) is 0. The van der Waals surface area contributed by atoms with Crippen LogP contribution in [0, 0.1) is 5.92 Å². The summed E-state index contributed by atoms with van der Waals surface area (Å²) >= 11 is 0. The van der Waals surface area contributed by atoms with E-state index in [2.05, 4.69) is 56.3 Å². The lowest BCUT2D eigenvalue weighted by molar-refractivity contribution is 0.122. The van der Waals surface area contributed by atoms with E-state index in [4.69, 9.17) is 9.47 Å². The maximum Gasteiger partial charge on any atom is 0.321 e. The molecule has 1 saturated heterocycles. The van der Waals surface area contributed by atoms with Crippen LogP contribution in [-0.4, -0.2) is 46.2 Å². The molecule has 2 aromatic heterocycles. The molecule has 0 N–H and O–H groups in total. The lowest BCUT2D eigenvalue weighted by atomic mass is 9.95. The Morgan fingerprint density at radius 1 is 1.00 bits per heavy atom. The molecule has 3 heterocycles. The molecule has 4 aromatic rings. The fourth-order valence-corrected chi connectivity index (χ4v) is 4.29. The minimum atomic E-state index is 0.359. The van der Waals surface area contributed by atoms with Gasteiger partial charge in [-0.25, -0.2) is 9.97 Å². The number of benzene rings is 2. The highest BCUT2D eigenvalue weighted by molar-refractivity contribution is 5.84. The number of ether oxygens (including phenoxy) is 2. The van der Waals surface area contributed by atoms with Crippen LogP contribution in [0.15, 0.2) is 79.4 Å². The Morgan fingerprint density at radius 2 is 1.91 bits per heavy atom. The molecule has 1 aliphatic rings. The summed E-state index contributed by atoms with van der Waals surface area (Å²) in [5, 5.41) is 2.47. The van der Waals surface area contributed by atoms with Gasteiger partial charge >= 0.3 is 6.01 Å². The minimum absolute atomic E-state index is 0.359. The van der Waals surface area contributed by atoms with E-state index < -0.39 is 0 Å². The molecule has 0 aliphatic carbocycles. The Bertz CT molecular complexity index is 1160. The second kappa shape index (κ2) is 9.85. The van der Waals surface area contributed by atoms with Crippen molar-refractivity contribution in [3.8, 4) is 11.8 Å². The predicted octanol–water partition coefficient (Wildman–Crippen LogP) is 4.51. The van der Waals surface area contributed by atoms with Gasteiger partial charge in [0.05, 0.1) is 13.2 Å². The van der Waals surface area contributed by atoms with Crippen LogP contribution in [0.5, 0.6) is 11.8 Å². The van der Waals surface area contributed by atoms with Crippen LogP contribution in [-0.2, 0) is 17.7 Å². The van der Waals surface area contributed by atoms with Crippen LogP contribution < -0.4 is 4.74 Å². The average Bonchev–Trinajstić information content (AvgIpc) is 3.05. The number of rotatable bonds is 6. The second-order valence-electron chi connectivity index (χ2n) is 8.17. The van der Waals surface area contributed by atoms with Crippen LogP contribution in [0.25, 0.3) is 10.8 Å². The summed E-state index contributed by atoms with van der Waals surface area (Å²) in [6.45, 7) is 4.29. The van der Waals surface area contributed by atoms with Crippen LogP contribution in [0.3, 0.4) is 0 Å². The molecule has 6 nitrogen and oxygen atoms in total. The van der Waals surface area contributed by atoms with E-state index in [0.29, 0.717) is 11.9 Å². The van der Waals surface area contributed by atoms with Gasteiger partial charge in [0.1, 0.15) is 5.75 Å². The van der Waals surface area contributed by atoms with Crippen molar-refractivity contribution in [2.24, 2.45) is 5.92 Å². The third-order valence-electron chi connectivity index (χ3n) is 5.76. The smallest absolute Gasteiger partial charge is 0.321 e. The lowest BCUT2D eigenvalue weighted by Gasteiger charge is -2.24. The monoisotopic (exact) mass is 426 g/mol. The van der Waals surface area contributed by atoms with Gasteiger partial charge in [-0.2, -0.15) is 0 Å². The van der Waals surface area contributed by atoms with Crippen molar-refractivity contribution in [1.82, 2.24) is 19.9 Å². The quantitative estimate of drug-likeness (QED) is 0.452. The van der Waals surface area contributed by atoms with Crippen LogP contribution in [0.2, 0.25) is 0 Å². The standard InChI is InChI=1S/C26H26N4O2/c1-4-20(15-24(7-1)32-26-28-9-3-10-29-26)17-30-12-13-31-19-21(18-30)14-23-6-2-5-22-8-11-27-16-25(22)23/h1-11,15-16,21H,12-14,17-19H2. The summed E-state index contributed by atoms with van der Waals surface area (Å²) in [5.41, 5.74) is 2.54. The number of hydrogen-bond acceptors (Lipinski definition) is 6. The first-order valence-electron chi connectivity index (χ1n) is 11.0. The van der Waals surface area contributed by atoms with Crippen molar-refractivity contribution >= 4 is 10.8 Å². The maximum absolute atomic E-state index is 5.96. The molecule has 1 unspecified atom stereocenters. The van der Waals surface area contributed by atoms with Crippen molar-refractivity contribution in [2.75, 3.05) is 26.3 Å². The molecule has 0 bridgehead atoms. The van der Waals surface area contributed by atoms with Gasteiger partial charge in [-0.05, 0) is 53.1 Å². The molecular weight excluding hydrogens is 400 g/mol. The van der Waals surface area contributed by atoms with E-state index >= 15 is 0 Å². The maximum atomic E-state index is 5.96. The zero-order valence-corrected chi connectivity index (χ0v) is 17.9. The van der Waals surface area contributed by atoms with E-state index in [1.54, 1.807) is 18.5 Å². The highest BCUT2D eigenvalue weighted by atomic mass is 16.5. The second-order valence-corrected chi connectivity index (χ2v) is 8.17. The summed E-state index contributed by atoms with van der Waals surface area (Å²) in [4.78, 5) is 15.1. The molecule has 1 aliphatic heterocycles. The van der Waals surface area contributed by atoms with Gasteiger partial charge in [-0.1, -0.05) is 30.3 Å². The van der Waals surface area contributed by atoms with Crippen molar-refractivity contribution < 1.29 is 9.47 Å². The van der Waals surface area contributed by atoms with E-state index in [9.17, 15) is 0 Å². The first-order chi connectivity index (χ1) is 15.8. The molecule has 0 saturated carbocycles. The van der Waals surface area contributed by atoms with E-state index in [1.807, 2.05) is 24.5 Å². The molecule has 32 heavy (non-hydrogen) atoms. The lowest BCUT2D eigenvalue weighted by Crippen LogP contribution is -2.30. The molecule has 5 rings (SSSR count). The fourth-order valence-electron chi connectivity index (χ4n) is 4.29. The molecule has 1 atom stereocenters.